The number of nitrogens with one attached hydrogen (secondary N) is 2. The number of nitrogens with zero attached hydrogens (tertiary/aromatic N) is 2. The van der Waals surface area contributed by atoms with Crippen LogP contribution >= 0.6 is 0 Å². The molecule has 7 heteroatoms. The number of anilines is 1. The van der Waals surface area contributed by atoms with Crippen molar-refractivity contribution in [1.29, 1.82) is 0 Å². The Morgan fingerprint density at radius 1 is 1.00 bits per heavy atom. The highest BCUT2D eigenvalue weighted by Gasteiger charge is 2.22. The van der Waals surface area contributed by atoms with Crippen LogP contribution in [0.2, 0.25) is 0 Å². The van der Waals surface area contributed by atoms with Gasteiger partial charge in [-0.2, -0.15) is 0 Å². The molecule has 7 nitrogen and oxygen atoms in total. The van der Waals surface area contributed by atoms with E-state index in [-0.39, 0.29) is 17.9 Å². The van der Waals surface area contributed by atoms with Crippen molar-refractivity contribution < 1.29 is 14.7 Å². The van der Waals surface area contributed by atoms with Gasteiger partial charge in [0.2, 0.25) is 0 Å². The number of hydrogen-bond donors (Lipinski definition) is 3. The first-order valence-corrected chi connectivity index (χ1v) is 12.0. The molecule has 0 fully saturated rings. The Balaban J connectivity index is 1.71. The molecule has 2 heterocycles. The van der Waals surface area contributed by atoms with E-state index >= 15 is 0 Å². The lowest BCUT2D eigenvalue weighted by molar-refractivity contribution is -0.137. The van der Waals surface area contributed by atoms with Crippen molar-refractivity contribution in [2.75, 3.05) is 5.32 Å². The van der Waals surface area contributed by atoms with Crippen LogP contribution < -0.4 is 10.6 Å². The predicted octanol–water partition coefficient (Wildman–Crippen LogP) is 5.77. The molecule has 36 heavy (non-hydrogen) atoms. The van der Waals surface area contributed by atoms with Crippen molar-refractivity contribution in [1.82, 2.24) is 14.7 Å². The monoisotopic (exact) mass is 484 g/mol. The Kier molecular flexibility index (Phi) is 6.84. The summed E-state index contributed by atoms with van der Waals surface area (Å²) in [5, 5.41) is 15.9. The normalized spacial score (nSPS) is 12.4. The number of carbonyl (C=O) groups is 2. The molecule has 3 N–H and O–H groups in total. The van der Waals surface area contributed by atoms with Gasteiger partial charge in [0.15, 0.2) is 0 Å². The maximum Gasteiger partial charge on any atom is 0.305 e. The highest BCUT2D eigenvalue weighted by Crippen LogP contribution is 2.31. The molecule has 0 aliphatic heterocycles. The molecule has 1 amide bonds. The van der Waals surface area contributed by atoms with Gasteiger partial charge in [-0.25, -0.2) is 4.98 Å². The Labute approximate surface area is 211 Å². The summed E-state index contributed by atoms with van der Waals surface area (Å²) in [6.45, 7) is 10.3. The smallest absolute Gasteiger partial charge is 0.305 e. The minimum atomic E-state index is -0.981. The van der Waals surface area contributed by atoms with E-state index in [1.165, 1.54) is 0 Å². The lowest BCUT2D eigenvalue weighted by atomic mass is 10.0. The molecule has 0 bridgehead atoms. The number of hydrogen-bond acceptors (Lipinski definition) is 4. The number of carboxylic acid groups (broad SMARTS) is 1. The van der Waals surface area contributed by atoms with E-state index in [1.807, 2.05) is 66.9 Å². The van der Waals surface area contributed by atoms with Crippen LogP contribution in [-0.2, 0) is 4.79 Å². The van der Waals surface area contributed by atoms with Crippen molar-refractivity contribution in [2.24, 2.45) is 0 Å². The maximum absolute atomic E-state index is 13.2. The molecular weight excluding hydrogens is 452 g/mol. The number of pyridine rings is 1. The topological polar surface area (TPSA) is 95.7 Å². The zero-order valence-electron chi connectivity index (χ0n) is 21.3. The lowest BCUT2D eigenvalue weighted by Gasteiger charge is -2.22. The first-order chi connectivity index (χ1) is 17.0. The summed E-state index contributed by atoms with van der Waals surface area (Å²) in [7, 11) is 0. The van der Waals surface area contributed by atoms with Crippen LogP contribution in [0.1, 0.15) is 60.3 Å². The second kappa shape index (κ2) is 9.85. The zero-order valence-corrected chi connectivity index (χ0v) is 21.3. The Bertz CT molecular complexity index is 1410. The van der Waals surface area contributed by atoms with Gasteiger partial charge >= 0.3 is 5.97 Å². The van der Waals surface area contributed by atoms with Gasteiger partial charge in [0.25, 0.3) is 5.91 Å². The van der Waals surface area contributed by atoms with E-state index in [0.717, 1.165) is 33.8 Å². The number of carbonyl (C=O) groups excluding carboxylic acids is 1. The SMILES string of the molecule is Cc1ccc(C(CC(=O)O)NC(=O)c2ccn3c(NC(C)(C)C)c(-c4cccc(C)c4)nc3c2)cc1. The van der Waals surface area contributed by atoms with Crippen molar-refractivity contribution >= 4 is 23.3 Å². The van der Waals surface area contributed by atoms with E-state index < -0.39 is 12.0 Å². The average Bonchev–Trinajstić information content (AvgIpc) is 3.15. The molecule has 0 saturated carbocycles. The molecule has 186 valence electrons. The molecule has 2 aromatic carbocycles. The second-order valence-corrected chi connectivity index (χ2v) is 10.2. The number of rotatable bonds is 7. The fraction of sp³-hybridized carbons (Fsp3) is 0.276. The molecular formula is C29H32N4O3. The Morgan fingerprint density at radius 3 is 2.36 bits per heavy atom. The lowest BCUT2D eigenvalue weighted by Crippen LogP contribution is -2.30. The van der Waals surface area contributed by atoms with Crippen molar-refractivity contribution in [2.45, 2.75) is 52.6 Å². The fourth-order valence-corrected chi connectivity index (χ4v) is 4.12. The molecule has 4 rings (SSSR count). The van der Waals surface area contributed by atoms with Gasteiger partial charge in [-0.3, -0.25) is 14.0 Å². The summed E-state index contributed by atoms with van der Waals surface area (Å²) >= 11 is 0. The summed E-state index contributed by atoms with van der Waals surface area (Å²) in [5.74, 6) is -0.487. The number of carboxylic acids is 1. The Morgan fingerprint density at radius 2 is 1.72 bits per heavy atom. The van der Waals surface area contributed by atoms with E-state index in [2.05, 4.69) is 37.5 Å². The molecule has 1 unspecified atom stereocenters. The summed E-state index contributed by atoms with van der Waals surface area (Å²) in [6, 6.07) is 18.5. The van der Waals surface area contributed by atoms with E-state index in [9.17, 15) is 14.7 Å². The van der Waals surface area contributed by atoms with Gasteiger partial charge in [-0.1, -0.05) is 53.6 Å². The largest absolute Gasteiger partial charge is 0.481 e. The van der Waals surface area contributed by atoms with Crippen LogP contribution in [0.5, 0.6) is 0 Å². The number of aromatic nitrogens is 2. The first-order valence-electron chi connectivity index (χ1n) is 12.0. The summed E-state index contributed by atoms with van der Waals surface area (Å²) in [6.07, 6.45) is 1.61. The molecule has 0 saturated heterocycles. The van der Waals surface area contributed by atoms with Crippen LogP contribution in [0.15, 0.2) is 66.9 Å². The van der Waals surface area contributed by atoms with Crippen LogP contribution in [0, 0.1) is 13.8 Å². The van der Waals surface area contributed by atoms with Gasteiger partial charge in [0, 0.05) is 22.9 Å². The number of amides is 1. The maximum atomic E-state index is 13.2. The fourth-order valence-electron chi connectivity index (χ4n) is 4.12. The number of imidazole rings is 1. The molecule has 0 aliphatic carbocycles. The first kappa shape index (κ1) is 25.0. The molecule has 4 aromatic rings. The summed E-state index contributed by atoms with van der Waals surface area (Å²) < 4.78 is 1.94. The zero-order chi connectivity index (χ0) is 26.0. The standard InChI is InChI=1S/C29H32N4O3/c1-18-9-11-20(12-10-18)23(17-25(34)35)30-28(36)22-13-14-33-24(16-22)31-26(27(33)32-29(3,4)5)21-8-6-7-19(2)15-21/h6-16,23,32H,17H2,1-5H3,(H,30,36)(H,34,35). The third kappa shape index (κ3) is 5.74. The van der Waals surface area contributed by atoms with Crippen LogP contribution in [-0.4, -0.2) is 31.9 Å². The highest BCUT2D eigenvalue weighted by molar-refractivity contribution is 5.96. The van der Waals surface area contributed by atoms with Gasteiger partial charge in [-0.05, 0) is 58.4 Å². The van der Waals surface area contributed by atoms with Crippen molar-refractivity contribution in [3.05, 3.63) is 89.1 Å². The van der Waals surface area contributed by atoms with Gasteiger partial charge in [-0.15, -0.1) is 0 Å². The molecule has 1 atom stereocenters. The number of benzene rings is 2. The quantitative estimate of drug-likeness (QED) is 0.309. The summed E-state index contributed by atoms with van der Waals surface area (Å²) in [5.41, 5.74) is 5.55. The third-order valence-electron chi connectivity index (χ3n) is 5.84. The molecule has 0 spiro atoms. The van der Waals surface area contributed by atoms with E-state index in [1.54, 1.807) is 12.1 Å². The highest BCUT2D eigenvalue weighted by atomic mass is 16.4. The van der Waals surface area contributed by atoms with Crippen LogP contribution in [0.3, 0.4) is 0 Å². The van der Waals surface area contributed by atoms with Crippen molar-refractivity contribution in [3.63, 3.8) is 0 Å². The number of aryl methyl sites for hydroxylation is 2. The van der Waals surface area contributed by atoms with Gasteiger partial charge in [0.05, 0.1) is 12.5 Å². The minimum absolute atomic E-state index is 0.206. The van der Waals surface area contributed by atoms with Crippen LogP contribution in [0.4, 0.5) is 5.82 Å². The minimum Gasteiger partial charge on any atom is -0.481 e. The number of fused-ring (bicyclic) bond motifs is 1. The van der Waals surface area contributed by atoms with Gasteiger partial charge in [0.1, 0.15) is 17.2 Å². The predicted molar refractivity (Wildman–Crippen MR) is 142 cm³/mol. The second-order valence-electron chi connectivity index (χ2n) is 10.2. The average molecular weight is 485 g/mol. The Hall–Kier alpha value is -4.13. The molecule has 2 aromatic heterocycles. The number of aliphatic carboxylic acids is 1. The van der Waals surface area contributed by atoms with Crippen LogP contribution in [0.25, 0.3) is 16.9 Å². The van der Waals surface area contributed by atoms with Crippen molar-refractivity contribution in [3.8, 4) is 11.3 Å². The van der Waals surface area contributed by atoms with E-state index in [4.69, 9.17) is 4.98 Å². The molecule has 0 aliphatic rings. The van der Waals surface area contributed by atoms with Gasteiger partial charge < -0.3 is 15.7 Å². The summed E-state index contributed by atoms with van der Waals surface area (Å²) in [4.78, 5) is 29.6. The molecule has 0 radical (unpaired) electrons. The van der Waals surface area contributed by atoms with E-state index in [0.29, 0.717) is 11.2 Å². The third-order valence-corrected chi connectivity index (χ3v) is 5.84.